The highest BCUT2D eigenvalue weighted by Gasteiger charge is 2.15. The van der Waals surface area contributed by atoms with E-state index >= 15 is 0 Å². The Balaban J connectivity index is 2.06. The summed E-state index contributed by atoms with van der Waals surface area (Å²) < 4.78 is 0. The fourth-order valence-electron chi connectivity index (χ4n) is 1.75. The normalized spacial score (nSPS) is 10.7. The number of aromatic nitrogens is 3. The first-order valence-corrected chi connectivity index (χ1v) is 7.11. The molecule has 0 bridgehead atoms. The van der Waals surface area contributed by atoms with Crippen molar-refractivity contribution in [2.75, 3.05) is 5.32 Å². The molecule has 2 aromatic rings. The van der Waals surface area contributed by atoms with Crippen molar-refractivity contribution < 1.29 is 4.79 Å². The molecule has 0 aliphatic heterocycles. The fourth-order valence-corrected chi connectivity index (χ4v) is 2.76. The SMILES string of the molecule is CCC(CC)c1nnc(NC(=O)c2cccnc2)s1. The van der Waals surface area contributed by atoms with Crippen LogP contribution >= 0.6 is 11.3 Å². The maximum Gasteiger partial charge on any atom is 0.259 e. The third-order valence-corrected chi connectivity index (χ3v) is 3.92. The third kappa shape index (κ3) is 3.35. The van der Waals surface area contributed by atoms with Gasteiger partial charge in [-0.3, -0.25) is 15.1 Å². The molecule has 0 aliphatic rings. The number of anilines is 1. The summed E-state index contributed by atoms with van der Waals surface area (Å²) in [4.78, 5) is 15.8. The average molecular weight is 276 g/mol. The lowest BCUT2D eigenvalue weighted by Gasteiger charge is -2.05. The molecule has 0 aromatic carbocycles. The van der Waals surface area contributed by atoms with Gasteiger partial charge in [0.1, 0.15) is 5.01 Å². The summed E-state index contributed by atoms with van der Waals surface area (Å²) in [7, 11) is 0. The molecule has 19 heavy (non-hydrogen) atoms. The first kappa shape index (κ1) is 13.6. The molecular formula is C13H16N4OS. The van der Waals surface area contributed by atoms with E-state index in [4.69, 9.17) is 0 Å². The predicted octanol–water partition coefficient (Wildman–Crippen LogP) is 3.09. The molecule has 0 saturated carbocycles. The van der Waals surface area contributed by atoms with E-state index in [2.05, 4.69) is 34.3 Å². The molecule has 0 aliphatic carbocycles. The number of carbonyl (C=O) groups is 1. The minimum absolute atomic E-state index is 0.208. The molecule has 1 N–H and O–H groups in total. The Morgan fingerprint density at radius 3 is 2.79 bits per heavy atom. The Kier molecular flexibility index (Phi) is 4.57. The molecule has 1 amide bonds. The van der Waals surface area contributed by atoms with E-state index in [9.17, 15) is 4.79 Å². The van der Waals surface area contributed by atoms with Crippen LogP contribution in [-0.4, -0.2) is 21.1 Å². The van der Waals surface area contributed by atoms with Gasteiger partial charge in [-0.15, -0.1) is 10.2 Å². The van der Waals surface area contributed by atoms with Crippen LogP contribution in [0.2, 0.25) is 0 Å². The summed E-state index contributed by atoms with van der Waals surface area (Å²) in [6.07, 6.45) is 5.22. The van der Waals surface area contributed by atoms with Crippen LogP contribution in [0, 0.1) is 0 Å². The summed E-state index contributed by atoms with van der Waals surface area (Å²) in [6, 6.07) is 3.44. The van der Waals surface area contributed by atoms with Crippen LogP contribution in [0.3, 0.4) is 0 Å². The largest absolute Gasteiger partial charge is 0.296 e. The molecule has 2 rings (SSSR count). The van der Waals surface area contributed by atoms with Crippen molar-refractivity contribution in [3.05, 3.63) is 35.1 Å². The van der Waals surface area contributed by atoms with Crippen LogP contribution in [0.5, 0.6) is 0 Å². The number of carbonyl (C=O) groups excluding carboxylic acids is 1. The first-order valence-electron chi connectivity index (χ1n) is 6.29. The van der Waals surface area contributed by atoms with Gasteiger partial charge >= 0.3 is 0 Å². The molecule has 0 radical (unpaired) electrons. The van der Waals surface area contributed by atoms with Crippen molar-refractivity contribution in [3.8, 4) is 0 Å². The number of pyridine rings is 1. The van der Waals surface area contributed by atoms with Gasteiger partial charge in [0.25, 0.3) is 5.91 Å². The highest BCUT2D eigenvalue weighted by Crippen LogP contribution is 2.28. The lowest BCUT2D eigenvalue weighted by Crippen LogP contribution is -2.11. The number of hydrogen-bond acceptors (Lipinski definition) is 5. The Morgan fingerprint density at radius 2 is 2.16 bits per heavy atom. The lowest BCUT2D eigenvalue weighted by atomic mass is 10.1. The molecule has 6 heteroatoms. The van der Waals surface area contributed by atoms with Crippen molar-refractivity contribution >= 4 is 22.4 Å². The summed E-state index contributed by atoms with van der Waals surface area (Å²) in [6.45, 7) is 4.26. The van der Waals surface area contributed by atoms with Gasteiger partial charge < -0.3 is 0 Å². The standard InChI is InChI=1S/C13H16N4OS/c1-3-9(4-2)12-16-17-13(19-12)15-11(18)10-6-5-7-14-8-10/h5-9H,3-4H2,1-2H3,(H,15,17,18). The molecule has 0 spiro atoms. The van der Waals surface area contributed by atoms with Crippen molar-refractivity contribution in [1.29, 1.82) is 0 Å². The fraction of sp³-hybridized carbons (Fsp3) is 0.385. The van der Waals surface area contributed by atoms with Crippen LogP contribution in [0.1, 0.15) is 48.0 Å². The third-order valence-electron chi connectivity index (χ3n) is 2.92. The Bertz CT molecular complexity index is 537. The van der Waals surface area contributed by atoms with Crippen LogP contribution in [0.4, 0.5) is 5.13 Å². The van der Waals surface area contributed by atoms with Crippen molar-refractivity contribution in [1.82, 2.24) is 15.2 Å². The maximum absolute atomic E-state index is 11.9. The second-order valence-corrected chi connectivity index (χ2v) is 5.16. The average Bonchev–Trinajstić information content (AvgIpc) is 2.89. The van der Waals surface area contributed by atoms with Gasteiger partial charge in [-0.25, -0.2) is 0 Å². The van der Waals surface area contributed by atoms with E-state index in [1.165, 1.54) is 17.5 Å². The number of amides is 1. The second-order valence-electron chi connectivity index (χ2n) is 4.15. The number of nitrogens with zero attached hydrogens (tertiary/aromatic N) is 3. The van der Waals surface area contributed by atoms with Gasteiger partial charge in [0.2, 0.25) is 5.13 Å². The summed E-state index contributed by atoms with van der Waals surface area (Å²) >= 11 is 1.44. The molecule has 2 aromatic heterocycles. The van der Waals surface area contributed by atoms with E-state index in [1.807, 2.05) is 0 Å². The topological polar surface area (TPSA) is 67.8 Å². The predicted molar refractivity (Wildman–Crippen MR) is 75.4 cm³/mol. The van der Waals surface area contributed by atoms with Crippen molar-refractivity contribution in [2.24, 2.45) is 0 Å². The molecule has 2 heterocycles. The summed E-state index contributed by atoms with van der Waals surface area (Å²) in [5.41, 5.74) is 0.516. The van der Waals surface area contributed by atoms with Crippen LogP contribution in [-0.2, 0) is 0 Å². The van der Waals surface area contributed by atoms with E-state index in [-0.39, 0.29) is 5.91 Å². The van der Waals surface area contributed by atoms with Gasteiger partial charge in [-0.1, -0.05) is 25.2 Å². The zero-order chi connectivity index (χ0) is 13.7. The van der Waals surface area contributed by atoms with E-state index in [0.29, 0.717) is 16.6 Å². The Hall–Kier alpha value is -1.82. The highest BCUT2D eigenvalue weighted by atomic mass is 32.1. The zero-order valence-electron chi connectivity index (χ0n) is 11.0. The van der Waals surface area contributed by atoms with Crippen molar-refractivity contribution in [2.45, 2.75) is 32.6 Å². The van der Waals surface area contributed by atoms with Gasteiger partial charge in [0.15, 0.2) is 0 Å². The molecule has 0 atom stereocenters. The van der Waals surface area contributed by atoms with Crippen LogP contribution < -0.4 is 5.32 Å². The van der Waals surface area contributed by atoms with Gasteiger partial charge in [-0.05, 0) is 25.0 Å². The maximum atomic E-state index is 11.9. The van der Waals surface area contributed by atoms with Crippen LogP contribution in [0.25, 0.3) is 0 Å². The molecule has 100 valence electrons. The minimum Gasteiger partial charge on any atom is -0.296 e. The van der Waals surface area contributed by atoms with E-state index in [1.54, 1.807) is 18.3 Å². The van der Waals surface area contributed by atoms with Crippen molar-refractivity contribution in [3.63, 3.8) is 0 Å². The highest BCUT2D eigenvalue weighted by molar-refractivity contribution is 7.15. The molecule has 0 unspecified atom stereocenters. The van der Waals surface area contributed by atoms with Gasteiger partial charge in [0, 0.05) is 18.3 Å². The van der Waals surface area contributed by atoms with Crippen LogP contribution in [0.15, 0.2) is 24.5 Å². The van der Waals surface area contributed by atoms with Gasteiger partial charge in [0.05, 0.1) is 5.56 Å². The summed E-state index contributed by atoms with van der Waals surface area (Å²) in [5.74, 6) is 0.210. The number of nitrogens with one attached hydrogen (secondary N) is 1. The van der Waals surface area contributed by atoms with Gasteiger partial charge in [-0.2, -0.15) is 0 Å². The number of rotatable bonds is 5. The smallest absolute Gasteiger partial charge is 0.259 e. The Morgan fingerprint density at radius 1 is 1.37 bits per heavy atom. The summed E-state index contributed by atoms with van der Waals surface area (Å²) in [5, 5.41) is 12.4. The van der Waals surface area contributed by atoms with E-state index < -0.39 is 0 Å². The Labute approximate surface area is 116 Å². The monoisotopic (exact) mass is 276 g/mol. The minimum atomic E-state index is -0.208. The molecular weight excluding hydrogens is 260 g/mol. The first-order chi connectivity index (χ1) is 9.24. The molecule has 5 nitrogen and oxygen atoms in total. The molecule has 0 fully saturated rings. The molecule has 0 saturated heterocycles. The quantitative estimate of drug-likeness (QED) is 0.911. The zero-order valence-corrected chi connectivity index (χ0v) is 11.8. The lowest BCUT2D eigenvalue weighted by molar-refractivity contribution is 0.102. The second kappa shape index (κ2) is 6.38. The number of hydrogen-bond donors (Lipinski definition) is 1. The van der Waals surface area contributed by atoms with E-state index in [0.717, 1.165) is 17.8 Å².